The quantitative estimate of drug-likeness (QED) is 0.865. The monoisotopic (exact) mass is 284 g/mol. The highest BCUT2D eigenvalue weighted by atomic mass is 32.2. The molecular formula is C13H20N2O3S. The molecule has 0 saturated heterocycles. The maximum atomic E-state index is 10.8. The predicted octanol–water partition coefficient (Wildman–Crippen LogP) is 2.86. The van der Waals surface area contributed by atoms with Crippen LogP contribution < -0.4 is 0 Å². The Morgan fingerprint density at radius 2 is 2.16 bits per heavy atom. The van der Waals surface area contributed by atoms with Crippen LogP contribution in [0.15, 0.2) is 4.52 Å². The zero-order chi connectivity index (χ0) is 14.1. The van der Waals surface area contributed by atoms with Crippen LogP contribution in [0.2, 0.25) is 0 Å². The minimum Gasteiger partial charge on any atom is -0.481 e. The molecule has 0 unspecified atom stereocenters. The van der Waals surface area contributed by atoms with Gasteiger partial charge < -0.3 is 9.63 Å². The normalized spacial score (nSPS) is 17.4. The van der Waals surface area contributed by atoms with Crippen molar-refractivity contribution in [2.75, 3.05) is 5.75 Å². The first-order valence-corrected chi connectivity index (χ1v) is 7.59. The van der Waals surface area contributed by atoms with E-state index >= 15 is 0 Å². The second-order valence-corrected chi connectivity index (χ2v) is 7.31. The topological polar surface area (TPSA) is 76.2 Å². The van der Waals surface area contributed by atoms with E-state index in [2.05, 4.69) is 10.1 Å². The average Bonchev–Trinajstić information content (AvgIpc) is 2.85. The second-order valence-electron chi connectivity index (χ2n) is 6.33. The lowest BCUT2D eigenvalue weighted by Gasteiger charge is -2.11. The fourth-order valence-electron chi connectivity index (χ4n) is 1.84. The Kier molecular flexibility index (Phi) is 3.90. The maximum absolute atomic E-state index is 10.8. The third-order valence-electron chi connectivity index (χ3n) is 3.26. The van der Waals surface area contributed by atoms with Crippen molar-refractivity contribution < 1.29 is 14.4 Å². The maximum Gasteiger partial charge on any atom is 0.303 e. The lowest BCUT2D eigenvalue weighted by molar-refractivity contribution is -0.138. The summed E-state index contributed by atoms with van der Waals surface area (Å²) in [7, 11) is 0. The summed E-state index contributed by atoms with van der Waals surface area (Å²) in [6, 6.07) is 0. The molecule has 1 aromatic rings. The van der Waals surface area contributed by atoms with Crippen molar-refractivity contribution >= 4 is 17.7 Å². The fraction of sp³-hybridized carbons (Fsp3) is 0.769. The molecule has 0 amide bonds. The molecule has 1 aliphatic carbocycles. The van der Waals surface area contributed by atoms with Crippen LogP contribution in [0.5, 0.6) is 0 Å². The number of carboxylic acids is 1. The van der Waals surface area contributed by atoms with E-state index in [0.717, 1.165) is 24.4 Å². The Bertz CT molecular complexity index is 461. The van der Waals surface area contributed by atoms with Gasteiger partial charge in [0, 0.05) is 5.41 Å². The Morgan fingerprint density at radius 3 is 2.63 bits per heavy atom. The SMILES string of the molecule is CC(C)(C)c1noc(CSCC2(CC(=O)O)CC2)n1. The van der Waals surface area contributed by atoms with E-state index < -0.39 is 5.97 Å². The summed E-state index contributed by atoms with van der Waals surface area (Å²) in [5, 5.41) is 12.8. The van der Waals surface area contributed by atoms with Crippen LogP contribution in [0, 0.1) is 5.41 Å². The van der Waals surface area contributed by atoms with Crippen LogP contribution in [0.1, 0.15) is 51.7 Å². The molecule has 1 fully saturated rings. The Labute approximate surface area is 117 Å². The molecule has 1 aromatic heterocycles. The minimum absolute atomic E-state index is 0.0172. The first-order valence-electron chi connectivity index (χ1n) is 6.43. The first kappa shape index (κ1) is 14.4. The van der Waals surface area contributed by atoms with Gasteiger partial charge in [0.1, 0.15) is 0 Å². The van der Waals surface area contributed by atoms with Crippen LogP contribution >= 0.6 is 11.8 Å². The van der Waals surface area contributed by atoms with Gasteiger partial charge in [0.25, 0.3) is 0 Å². The molecule has 1 N–H and O–H groups in total. The molecule has 0 bridgehead atoms. The van der Waals surface area contributed by atoms with E-state index in [9.17, 15) is 4.79 Å². The molecule has 19 heavy (non-hydrogen) atoms. The van der Waals surface area contributed by atoms with E-state index in [4.69, 9.17) is 9.63 Å². The highest BCUT2D eigenvalue weighted by Crippen LogP contribution is 2.51. The van der Waals surface area contributed by atoms with Crippen molar-refractivity contribution in [2.24, 2.45) is 5.41 Å². The fourth-order valence-corrected chi connectivity index (χ4v) is 3.06. The van der Waals surface area contributed by atoms with Gasteiger partial charge in [-0.05, 0) is 24.0 Å². The number of carboxylic acid groups (broad SMARTS) is 1. The van der Waals surface area contributed by atoms with Crippen LogP contribution in [-0.4, -0.2) is 27.0 Å². The summed E-state index contributed by atoms with van der Waals surface area (Å²) in [5.74, 6) is 2.15. The minimum atomic E-state index is -0.703. The molecule has 0 aromatic carbocycles. The van der Waals surface area contributed by atoms with Gasteiger partial charge in [0.15, 0.2) is 5.82 Å². The van der Waals surface area contributed by atoms with Crippen molar-refractivity contribution in [3.63, 3.8) is 0 Å². The van der Waals surface area contributed by atoms with E-state index in [0.29, 0.717) is 11.6 Å². The molecule has 2 rings (SSSR count). The number of carbonyl (C=O) groups is 1. The molecule has 6 heteroatoms. The van der Waals surface area contributed by atoms with E-state index in [1.165, 1.54) is 0 Å². The molecule has 106 valence electrons. The Hall–Kier alpha value is -1.04. The van der Waals surface area contributed by atoms with Crippen LogP contribution in [-0.2, 0) is 16.0 Å². The third kappa shape index (κ3) is 3.96. The smallest absolute Gasteiger partial charge is 0.303 e. The molecular weight excluding hydrogens is 264 g/mol. The number of thioether (sulfide) groups is 1. The van der Waals surface area contributed by atoms with Crippen LogP contribution in [0.25, 0.3) is 0 Å². The van der Waals surface area contributed by atoms with Gasteiger partial charge in [-0.2, -0.15) is 16.7 Å². The number of hydrogen-bond donors (Lipinski definition) is 1. The first-order chi connectivity index (χ1) is 8.81. The van der Waals surface area contributed by atoms with Gasteiger partial charge in [0.05, 0.1) is 12.2 Å². The molecule has 1 saturated carbocycles. The standard InChI is InChI=1S/C13H20N2O3S/c1-12(2,3)11-14-9(18-15-11)7-19-8-13(4-5-13)6-10(16)17/h4-8H2,1-3H3,(H,16,17). The van der Waals surface area contributed by atoms with E-state index in [-0.39, 0.29) is 17.3 Å². The molecule has 0 atom stereocenters. The summed E-state index contributed by atoms with van der Waals surface area (Å²) in [4.78, 5) is 15.1. The number of aromatic nitrogens is 2. The lowest BCUT2D eigenvalue weighted by Crippen LogP contribution is -2.13. The largest absolute Gasteiger partial charge is 0.481 e. The predicted molar refractivity (Wildman–Crippen MR) is 73.1 cm³/mol. The zero-order valence-corrected chi connectivity index (χ0v) is 12.4. The van der Waals surface area contributed by atoms with Crippen molar-refractivity contribution in [1.29, 1.82) is 0 Å². The Balaban J connectivity index is 1.80. The Morgan fingerprint density at radius 1 is 1.47 bits per heavy atom. The van der Waals surface area contributed by atoms with Gasteiger partial charge in [0.2, 0.25) is 5.89 Å². The highest BCUT2D eigenvalue weighted by Gasteiger charge is 2.44. The van der Waals surface area contributed by atoms with Crippen molar-refractivity contribution in [3.8, 4) is 0 Å². The third-order valence-corrected chi connectivity index (χ3v) is 4.52. The van der Waals surface area contributed by atoms with Crippen LogP contribution in [0.3, 0.4) is 0 Å². The number of nitrogens with zero attached hydrogens (tertiary/aromatic N) is 2. The lowest BCUT2D eigenvalue weighted by atomic mass is 9.96. The second kappa shape index (κ2) is 5.15. The van der Waals surface area contributed by atoms with E-state index in [1.54, 1.807) is 11.8 Å². The highest BCUT2D eigenvalue weighted by molar-refractivity contribution is 7.98. The summed E-state index contributed by atoms with van der Waals surface area (Å²) in [6.07, 6.45) is 2.31. The van der Waals surface area contributed by atoms with Crippen LogP contribution in [0.4, 0.5) is 0 Å². The molecule has 0 spiro atoms. The molecule has 0 radical (unpaired) electrons. The summed E-state index contributed by atoms with van der Waals surface area (Å²) >= 11 is 1.68. The van der Waals surface area contributed by atoms with Gasteiger partial charge in [-0.25, -0.2) is 0 Å². The van der Waals surface area contributed by atoms with E-state index in [1.807, 2.05) is 20.8 Å². The molecule has 1 heterocycles. The summed E-state index contributed by atoms with van der Waals surface area (Å²) in [6.45, 7) is 6.13. The van der Waals surface area contributed by atoms with Gasteiger partial charge >= 0.3 is 5.97 Å². The van der Waals surface area contributed by atoms with Crippen molar-refractivity contribution in [3.05, 3.63) is 11.7 Å². The van der Waals surface area contributed by atoms with Gasteiger partial charge in [-0.15, -0.1) is 0 Å². The van der Waals surface area contributed by atoms with Crippen molar-refractivity contribution in [2.45, 2.75) is 51.2 Å². The summed E-state index contributed by atoms with van der Waals surface area (Å²) in [5.41, 5.74) is -0.0865. The summed E-state index contributed by atoms with van der Waals surface area (Å²) < 4.78 is 5.21. The molecule has 5 nitrogen and oxygen atoms in total. The molecule has 1 aliphatic rings. The number of rotatable bonds is 6. The average molecular weight is 284 g/mol. The van der Waals surface area contributed by atoms with Gasteiger partial charge in [-0.3, -0.25) is 4.79 Å². The zero-order valence-electron chi connectivity index (χ0n) is 11.6. The number of aliphatic carboxylic acids is 1. The van der Waals surface area contributed by atoms with Crippen molar-refractivity contribution in [1.82, 2.24) is 10.1 Å². The van der Waals surface area contributed by atoms with Gasteiger partial charge in [-0.1, -0.05) is 25.9 Å². The molecule has 0 aliphatic heterocycles. The number of hydrogen-bond acceptors (Lipinski definition) is 5.